The van der Waals surface area contributed by atoms with Gasteiger partial charge in [-0.15, -0.1) is 0 Å². The summed E-state index contributed by atoms with van der Waals surface area (Å²) < 4.78 is 12.7. The molecule has 0 aliphatic carbocycles. The average molecular weight is 288 g/mol. The molecule has 2 N–H and O–H groups in total. The van der Waals surface area contributed by atoms with Crippen LogP contribution in [0.25, 0.3) is 0 Å². The van der Waals surface area contributed by atoms with Crippen LogP contribution >= 0.6 is 0 Å². The Morgan fingerprint density at radius 1 is 1.33 bits per heavy atom. The van der Waals surface area contributed by atoms with Crippen molar-refractivity contribution in [1.82, 2.24) is 15.6 Å². The number of benzene rings is 1. The Morgan fingerprint density at radius 3 is 2.57 bits per heavy atom. The lowest BCUT2D eigenvalue weighted by Crippen LogP contribution is -2.18. The number of hydrogen-bond donors (Lipinski definition) is 2. The highest BCUT2D eigenvalue weighted by molar-refractivity contribution is 5.93. The zero-order valence-corrected chi connectivity index (χ0v) is 12.1. The summed E-state index contributed by atoms with van der Waals surface area (Å²) in [6.45, 7) is 6.07. The predicted molar refractivity (Wildman–Crippen MR) is 78.7 cm³/mol. The van der Waals surface area contributed by atoms with E-state index in [1.807, 2.05) is 20.8 Å². The first-order valence-electron chi connectivity index (χ1n) is 6.51. The van der Waals surface area contributed by atoms with Gasteiger partial charge in [-0.25, -0.2) is 9.82 Å². The lowest BCUT2D eigenvalue weighted by Gasteiger charge is -2.14. The molecule has 0 saturated carbocycles. The van der Waals surface area contributed by atoms with Gasteiger partial charge in [0.05, 0.1) is 6.21 Å². The summed E-state index contributed by atoms with van der Waals surface area (Å²) in [6.07, 6.45) is 1.44. The highest BCUT2D eigenvalue weighted by atomic mass is 19.1. The number of rotatable bonds is 3. The topological polar surface area (TPSA) is 70.1 Å². The van der Waals surface area contributed by atoms with E-state index >= 15 is 0 Å². The van der Waals surface area contributed by atoms with Crippen LogP contribution in [-0.2, 0) is 5.41 Å². The SMILES string of the molecule is CC(C)(C)c1cc(C(=O)NN=Cc2ccc(F)cc2)n[nH]1. The molecule has 1 aromatic heterocycles. The first-order chi connectivity index (χ1) is 9.86. The number of aromatic amines is 1. The van der Waals surface area contributed by atoms with E-state index in [1.165, 1.54) is 18.3 Å². The quantitative estimate of drug-likeness (QED) is 0.673. The molecule has 0 bridgehead atoms. The van der Waals surface area contributed by atoms with Crippen LogP contribution in [0, 0.1) is 5.82 Å². The van der Waals surface area contributed by atoms with E-state index in [9.17, 15) is 9.18 Å². The molecule has 0 aliphatic heterocycles. The standard InChI is InChI=1S/C15H17FN4O/c1-15(2,3)13-8-12(18-19-13)14(21)20-17-9-10-4-6-11(16)7-5-10/h4-9H,1-3H3,(H,18,19)(H,20,21). The number of hydrazone groups is 1. The number of H-pyrrole nitrogens is 1. The average Bonchev–Trinajstić information content (AvgIpc) is 2.90. The number of carbonyl (C=O) groups excluding carboxylic acids is 1. The maximum atomic E-state index is 12.7. The number of nitrogens with one attached hydrogen (secondary N) is 2. The fourth-order valence-electron chi connectivity index (χ4n) is 1.59. The Balaban J connectivity index is 1.98. The Hall–Kier alpha value is -2.50. The molecule has 0 spiro atoms. The molecular weight excluding hydrogens is 271 g/mol. The van der Waals surface area contributed by atoms with E-state index in [1.54, 1.807) is 18.2 Å². The van der Waals surface area contributed by atoms with Crippen molar-refractivity contribution >= 4 is 12.1 Å². The zero-order chi connectivity index (χ0) is 15.5. The summed E-state index contributed by atoms with van der Waals surface area (Å²) in [7, 11) is 0. The molecule has 2 aromatic rings. The smallest absolute Gasteiger partial charge is 0.281 e. The molecule has 0 aliphatic rings. The van der Waals surface area contributed by atoms with Crippen molar-refractivity contribution in [2.45, 2.75) is 26.2 Å². The third kappa shape index (κ3) is 3.98. The lowest BCUT2D eigenvalue weighted by molar-refractivity contribution is 0.0950. The summed E-state index contributed by atoms with van der Waals surface area (Å²) in [5, 5.41) is 10.6. The van der Waals surface area contributed by atoms with Gasteiger partial charge in [0, 0.05) is 11.1 Å². The van der Waals surface area contributed by atoms with Gasteiger partial charge in [-0.2, -0.15) is 10.2 Å². The Labute approximate surface area is 122 Å². The van der Waals surface area contributed by atoms with Crippen LogP contribution in [0.2, 0.25) is 0 Å². The first-order valence-corrected chi connectivity index (χ1v) is 6.51. The summed E-state index contributed by atoms with van der Waals surface area (Å²) in [4.78, 5) is 11.9. The fourth-order valence-corrected chi connectivity index (χ4v) is 1.59. The van der Waals surface area contributed by atoms with E-state index in [0.29, 0.717) is 5.56 Å². The van der Waals surface area contributed by atoms with Gasteiger partial charge < -0.3 is 0 Å². The molecule has 6 heteroatoms. The molecule has 21 heavy (non-hydrogen) atoms. The van der Waals surface area contributed by atoms with Crippen molar-refractivity contribution in [1.29, 1.82) is 0 Å². The second-order valence-electron chi connectivity index (χ2n) is 5.67. The van der Waals surface area contributed by atoms with Crippen LogP contribution in [0.4, 0.5) is 4.39 Å². The molecule has 0 atom stereocenters. The number of halogens is 1. The minimum Gasteiger partial charge on any atom is -0.281 e. The molecule has 0 unspecified atom stereocenters. The van der Waals surface area contributed by atoms with Crippen LogP contribution in [0.15, 0.2) is 35.4 Å². The van der Waals surface area contributed by atoms with Gasteiger partial charge in [0.2, 0.25) is 0 Å². The van der Waals surface area contributed by atoms with Crippen molar-refractivity contribution in [3.63, 3.8) is 0 Å². The van der Waals surface area contributed by atoms with Gasteiger partial charge in [-0.05, 0) is 23.8 Å². The van der Waals surface area contributed by atoms with Crippen molar-refractivity contribution in [2.75, 3.05) is 0 Å². The largest absolute Gasteiger partial charge is 0.291 e. The molecule has 2 rings (SSSR count). The van der Waals surface area contributed by atoms with E-state index in [-0.39, 0.29) is 16.9 Å². The normalized spacial score (nSPS) is 11.8. The Kier molecular flexibility index (Phi) is 4.16. The van der Waals surface area contributed by atoms with Gasteiger partial charge >= 0.3 is 0 Å². The molecule has 0 fully saturated rings. The molecular formula is C15H17FN4O. The molecule has 110 valence electrons. The summed E-state index contributed by atoms with van der Waals surface area (Å²) >= 11 is 0. The summed E-state index contributed by atoms with van der Waals surface area (Å²) in [5.41, 5.74) is 4.11. The van der Waals surface area contributed by atoms with E-state index in [4.69, 9.17) is 0 Å². The second-order valence-corrected chi connectivity index (χ2v) is 5.67. The van der Waals surface area contributed by atoms with Crippen molar-refractivity contribution < 1.29 is 9.18 Å². The molecule has 5 nitrogen and oxygen atoms in total. The van der Waals surface area contributed by atoms with E-state index in [2.05, 4.69) is 20.7 Å². The van der Waals surface area contributed by atoms with Gasteiger partial charge in [-0.3, -0.25) is 9.89 Å². The van der Waals surface area contributed by atoms with Crippen molar-refractivity contribution in [3.8, 4) is 0 Å². The second kappa shape index (κ2) is 5.87. The molecule has 1 amide bonds. The van der Waals surface area contributed by atoms with Gasteiger partial charge in [-0.1, -0.05) is 32.9 Å². The number of nitrogens with zero attached hydrogens (tertiary/aromatic N) is 2. The number of hydrogen-bond acceptors (Lipinski definition) is 3. The van der Waals surface area contributed by atoms with Crippen molar-refractivity contribution in [2.24, 2.45) is 5.10 Å². The third-order valence-electron chi connectivity index (χ3n) is 2.87. The molecule has 1 aromatic carbocycles. The molecule has 0 saturated heterocycles. The number of amides is 1. The fraction of sp³-hybridized carbons (Fsp3) is 0.267. The highest BCUT2D eigenvalue weighted by Gasteiger charge is 2.18. The molecule has 1 heterocycles. The van der Waals surface area contributed by atoms with Gasteiger partial charge in [0.1, 0.15) is 5.82 Å². The summed E-state index contributed by atoms with van der Waals surface area (Å²) in [6, 6.07) is 7.48. The van der Waals surface area contributed by atoms with Crippen LogP contribution in [0.3, 0.4) is 0 Å². The highest BCUT2D eigenvalue weighted by Crippen LogP contribution is 2.20. The van der Waals surface area contributed by atoms with E-state index in [0.717, 1.165) is 5.69 Å². The van der Waals surface area contributed by atoms with E-state index < -0.39 is 5.91 Å². The lowest BCUT2D eigenvalue weighted by atomic mass is 9.92. The first kappa shape index (κ1) is 14.9. The van der Waals surface area contributed by atoms with Crippen LogP contribution in [-0.4, -0.2) is 22.3 Å². The van der Waals surface area contributed by atoms with Crippen molar-refractivity contribution in [3.05, 3.63) is 53.1 Å². The minimum atomic E-state index is -0.403. The number of aromatic nitrogens is 2. The maximum absolute atomic E-state index is 12.7. The number of carbonyl (C=O) groups is 1. The summed E-state index contributed by atoms with van der Waals surface area (Å²) in [5.74, 6) is -0.720. The Bertz CT molecular complexity index is 653. The van der Waals surface area contributed by atoms with Crippen LogP contribution in [0.1, 0.15) is 42.5 Å². The van der Waals surface area contributed by atoms with Gasteiger partial charge in [0.15, 0.2) is 5.69 Å². The third-order valence-corrected chi connectivity index (χ3v) is 2.87. The monoisotopic (exact) mass is 288 g/mol. The maximum Gasteiger partial charge on any atom is 0.291 e. The predicted octanol–water partition coefficient (Wildman–Crippen LogP) is 2.61. The zero-order valence-electron chi connectivity index (χ0n) is 12.1. The Morgan fingerprint density at radius 2 is 2.00 bits per heavy atom. The van der Waals surface area contributed by atoms with Crippen LogP contribution < -0.4 is 5.43 Å². The minimum absolute atomic E-state index is 0.108. The molecule has 0 radical (unpaired) electrons. The van der Waals surface area contributed by atoms with Crippen LogP contribution in [0.5, 0.6) is 0 Å². The van der Waals surface area contributed by atoms with Gasteiger partial charge in [0.25, 0.3) is 5.91 Å².